The average Bonchev–Trinajstić information content (AvgIpc) is 2.71. The van der Waals surface area contributed by atoms with Crippen LogP contribution in [0.25, 0.3) is 0 Å². The summed E-state index contributed by atoms with van der Waals surface area (Å²) in [6.45, 7) is 7.03. The van der Waals surface area contributed by atoms with Crippen LogP contribution in [-0.4, -0.2) is 76.2 Å². The van der Waals surface area contributed by atoms with Crippen LogP contribution in [0.4, 0.5) is 0 Å². The van der Waals surface area contributed by atoms with Crippen molar-refractivity contribution in [2.75, 3.05) is 52.6 Å². The summed E-state index contributed by atoms with van der Waals surface area (Å²) < 4.78 is 10.6. The predicted molar refractivity (Wildman–Crippen MR) is 108 cm³/mol. The van der Waals surface area contributed by atoms with Gasteiger partial charge in [0.25, 0.3) is 0 Å². The zero-order chi connectivity index (χ0) is 21.7. The van der Waals surface area contributed by atoms with Crippen LogP contribution >= 0.6 is 0 Å². The molecule has 0 aliphatic heterocycles. The quantitative estimate of drug-likeness (QED) is 0.197. The Morgan fingerprint density at radius 2 is 0.897 bits per heavy atom. The molecular weight excluding hydrogens is 380 g/mol. The van der Waals surface area contributed by atoms with Gasteiger partial charge in [-0.25, -0.2) is 0 Å². The molecule has 4 N–H and O–H groups in total. The topological polar surface area (TPSA) is 135 Å². The normalized spacial score (nSPS) is 10.3. The van der Waals surface area contributed by atoms with E-state index in [-0.39, 0.29) is 13.2 Å². The molecule has 0 spiro atoms. The molecule has 4 amide bonds. The fourth-order valence-corrected chi connectivity index (χ4v) is 2.01. The van der Waals surface area contributed by atoms with Crippen molar-refractivity contribution in [1.82, 2.24) is 21.3 Å². The minimum absolute atomic E-state index is 0.242. The number of hydrogen-bond donors (Lipinski definition) is 4. The Morgan fingerprint density at radius 1 is 0.517 bits per heavy atom. The lowest BCUT2D eigenvalue weighted by Crippen LogP contribution is -2.41. The number of rotatable bonds is 16. The van der Waals surface area contributed by atoms with Crippen molar-refractivity contribution in [3.63, 3.8) is 0 Å². The summed E-state index contributed by atoms with van der Waals surface area (Å²) in [7, 11) is 0. The van der Waals surface area contributed by atoms with E-state index in [2.05, 4.69) is 21.3 Å². The third kappa shape index (κ3) is 16.5. The highest BCUT2D eigenvalue weighted by molar-refractivity contribution is 6.35. The monoisotopic (exact) mass is 416 g/mol. The van der Waals surface area contributed by atoms with Crippen LogP contribution in [0.1, 0.15) is 46.0 Å². The second kappa shape index (κ2) is 19.1. The van der Waals surface area contributed by atoms with E-state index in [0.717, 1.165) is 25.7 Å². The van der Waals surface area contributed by atoms with Gasteiger partial charge in [0.1, 0.15) is 0 Å². The zero-order valence-electron chi connectivity index (χ0n) is 17.6. The molecule has 10 nitrogen and oxygen atoms in total. The zero-order valence-corrected chi connectivity index (χ0v) is 17.6. The molecule has 10 heteroatoms. The van der Waals surface area contributed by atoms with Gasteiger partial charge in [-0.3, -0.25) is 19.2 Å². The van der Waals surface area contributed by atoms with Gasteiger partial charge in [0.15, 0.2) is 0 Å². The Hall–Kier alpha value is -2.20. The maximum atomic E-state index is 11.5. The first kappa shape index (κ1) is 26.8. The van der Waals surface area contributed by atoms with E-state index in [0.29, 0.717) is 45.9 Å². The van der Waals surface area contributed by atoms with Gasteiger partial charge in [-0.1, -0.05) is 26.7 Å². The molecule has 0 saturated carbocycles. The van der Waals surface area contributed by atoms with E-state index in [1.54, 1.807) is 0 Å². The second-order valence-corrected chi connectivity index (χ2v) is 6.31. The van der Waals surface area contributed by atoms with Gasteiger partial charge in [0.2, 0.25) is 0 Å². The second-order valence-electron chi connectivity index (χ2n) is 6.31. The third-order valence-electron chi connectivity index (χ3n) is 3.70. The summed E-state index contributed by atoms with van der Waals surface area (Å²) in [5.74, 6) is -2.54. The Labute approximate surface area is 172 Å². The van der Waals surface area contributed by atoms with E-state index in [1.165, 1.54) is 0 Å². The standard InChI is InChI=1S/C19H36N4O6/c1-3-5-8-20-16(24)17(25)22-10-7-12-28-14-15-29-13-11-23-19(27)18(26)21-9-6-4-2/h3-15H2,1-2H3,(H,20,24)(H,21,26)(H,22,25)(H,23,27). The van der Waals surface area contributed by atoms with E-state index in [4.69, 9.17) is 9.47 Å². The fraction of sp³-hybridized carbons (Fsp3) is 0.789. The van der Waals surface area contributed by atoms with Gasteiger partial charge < -0.3 is 30.7 Å². The number of carbonyl (C=O) groups excluding carboxylic acids is 4. The maximum Gasteiger partial charge on any atom is 0.309 e. The molecule has 0 aliphatic carbocycles. The number of amides is 4. The summed E-state index contributed by atoms with van der Waals surface area (Å²) in [5.41, 5.74) is 0. The van der Waals surface area contributed by atoms with Crippen molar-refractivity contribution in [1.29, 1.82) is 0 Å². The van der Waals surface area contributed by atoms with Crippen molar-refractivity contribution in [2.45, 2.75) is 46.0 Å². The van der Waals surface area contributed by atoms with Gasteiger partial charge in [0, 0.05) is 32.8 Å². The van der Waals surface area contributed by atoms with E-state index >= 15 is 0 Å². The third-order valence-corrected chi connectivity index (χ3v) is 3.70. The van der Waals surface area contributed by atoms with Crippen LogP contribution in [0.5, 0.6) is 0 Å². The highest BCUT2D eigenvalue weighted by Gasteiger charge is 2.12. The van der Waals surface area contributed by atoms with E-state index in [9.17, 15) is 19.2 Å². The number of unbranched alkanes of at least 4 members (excludes halogenated alkanes) is 2. The molecule has 29 heavy (non-hydrogen) atoms. The Balaban J connectivity index is 3.43. The molecular formula is C19H36N4O6. The van der Waals surface area contributed by atoms with E-state index < -0.39 is 23.6 Å². The molecule has 0 aromatic heterocycles. The first-order valence-corrected chi connectivity index (χ1v) is 10.3. The lowest BCUT2D eigenvalue weighted by atomic mass is 10.3. The van der Waals surface area contributed by atoms with E-state index in [1.807, 2.05) is 13.8 Å². The average molecular weight is 417 g/mol. The van der Waals surface area contributed by atoms with Crippen molar-refractivity contribution in [2.24, 2.45) is 0 Å². The van der Waals surface area contributed by atoms with Crippen LogP contribution in [0.3, 0.4) is 0 Å². The molecule has 0 rings (SSSR count). The lowest BCUT2D eigenvalue weighted by molar-refractivity contribution is -0.139. The molecule has 0 fully saturated rings. The van der Waals surface area contributed by atoms with Crippen molar-refractivity contribution < 1.29 is 28.7 Å². The predicted octanol–water partition coefficient (Wildman–Crippen LogP) is -0.525. The van der Waals surface area contributed by atoms with Crippen molar-refractivity contribution in [3.05, 3.63) is 0 Å². The number of nitrogens with one attached hydrogen (secondary N) is 4. The SMILES string of the molecule is CCCCNC(=O)C(=O)NCCCOCCOCCNC(=O)C(=O)NCCCC. The minimum Gasteiger partial charge on any atom is -0.379 e. The van der Waals surface area contributed by atoms with Crippen molar-refractivity contribution in [3.8, 4) is 0 Å². The molecule has 0 heterocycles. The number of ether oxygens (including phenoxy) is 2. The Kier molecular flexibility index (Phi) is 17.7. The first-order chi connectivity index (χ1) is 14.0. The first-order valence-electron chi connectivity index (χ1n) is 10.3. The van der Waals surface area contributed by atoms with Crippen LogP contribution in [0, 0.1) is 0 Å². The fourth-order valence-electron chi connectivity index (χ4n) is 2.01. The highest BCUT2D eigenvalue weighted by Crippen LogP contribution is 1.85. The lowest BCUT2D eigenvalue weighted by Gasteiger charge is -2.08. The molecule has 0 unspecified atom stereocenters. The molecule has 0 saturated heterocycles. The molecule has 168 valence electrons. The van der Waals surface area contributed by atoms with Crippen LogP contribution < -0.4 is 21.3 Å². The summed E-state index contributed by atoms with van der Waals surface area (Å²) >= 11 is 0. The van der Waals surface area contributed by atoms with Crippen LogP contribution in [0.2, 0.25) is 0 Å². The summed E-state index contributed by atoms with van der Waals surface area (Å²) in [6, 6.07) is 0. The molecule has 0 radical (unpaired) electrons. The molecule has 0 aliphatic rings. The molecule has 0 atom stereocenters. The van der Waals surface area contributed by atoms with Gasteiger partial charge in [0.05, 0.1) is 19.8 Å². The van der Waals surface area contributed by atoms with Gasteiger partial charge in [-0.15, -0.1) is 0 Å². The van der Waals surface area contributed by atoms with Gasteiger partial charge in [-0.05, 0) is 19.3 Å². The number of carbonyl (C=O) groups is 4. The molecule has 0 aromatic carbocycles. The maximum absolute atomic E-state index is 11.5. The minimum atomic E-state index is -0.665. The Bertz CT molecular complexity index is 445. The molecule has 0 aromatic rings. The largest absolute Gasteiger partial charge is 0.379 e. The van der Waals surface area contributed by atoms with Crippen molar-refractivity contribution >= 4 is 23.6 Å². The smallest absolute Gasteiger partial charge is 0.309 e. The highest BCUT2D eigenvalue weighted by atomic mass is 16.5. The van der Waals surface area contributed by atoms with Crippen LogP contribution in [-0.2, 0) is 28.7 Å². The summed E-state index contributed by atoms with van der Waals surface area (Å²) in [5, 5.41) is 10.1. The Morgan fingerprint density at radius 3 is 1.34 bits per heavy atom. The van der Waals surface area contributed by atoms with Crippen LogP contribution in [0.15, 0.2) is 0 Å². The number of hydrogen-bond acceptors (Lipinski definition) is 6. The molecule has 0 bridgehead atoms. The summed E-state index contributed by atoms with van der Waals surface area (Å²) in [4.78, 5) is 45.8. The van der Waals surface area contributed by atoms with Gasteiger partial charge in [-0.2, -0.15) is 0 Å². The van der Waals surface area contributed by atoms with Gasteiger partial charge >= 0.3 is 23.6 Å². The summed E-state index contributed by atoms with van der Waals surface area (Å²) in [6.07, 6.45) is 4.16.